The van der Waals surface area contributed by atoms with Crippen LogP contribution >= 0.6 is 0 Å². The lowest BCUT2D eigenvalue weighted by Crippen LogP contribution is -2.43. The number of ether oxygens (including phenoxy) is 1. The molecule has 0 bridgehead atoms. The molecule has 1 fully saturated rings. The van der Waals surface area contributed by atoms with Crippen molar-refractivity contribution in [1.29, 1.82) is 0 Å². The molecule has 1 heterocycles. The maximum absolute atomic E-state index is 12.2. The normalized spacial score (nSPS) is 18.0. The number of benzene rings is 1. The van der Waals surface area contributed by atoms with Crippen LogP contribution in [0.25, 0.3) is 5.57 Å². The lowest BCUT2D eigenvalue weighted by atomic mass is 9.75. The van der Waals surface area contributed by atoms with Crippen LogP contribution in [0, 0.1) is 11.5 Å². The van der Waals surface area contributed by atoms with Crippen LogP contribution in [0.15, 0.2) is 29.7 Å². The van der Waals surface area contributed by atoms with Crippen LogP contribution < -0.4 is 0 Å². The van der Waals surface area contributed by atoms with Gasteiger partial charge in [0.05, 0.1) is 23.4 Å². The molecule has 4 nitrogen and oxygen atoms in total. The quantitative estimate of drug-likeness (QED) is 0.223. The molecule has 1 aromatic carbocycles. The Labute approximate surface area is 215 Å². The number of allylic oxidation sites excluding steroid dienone is 2. The van der Waals surface area contributed by atoms with Gasteiger partial charge in [-0.1, -0.05) is 59.6 Å². The molecule has 0 aliphatic carbocycles. The highest BCUT2D eigenvalue weighted by molar-refractivity contribution is 6.90. The molecule has 192 valence electrons. The second-order valence-electron chi connectivity index (χ2n) is 11.6. The molecule has 1 aliphatic heterocycles. The number of hydrogen-bond donors (Lipinski definition) is 0. The van der Waals surface area contributed by atoms with E-state index in [0.29, 0.717) is 28.8 Å². The third-order valence-electron chi connectivity index (χ3n) is 7.96. The molecule has 0 spiro atoms. The van der Waals surface area contributed by atoms with Crippen molar-refractivity contribution in [1.82, 2.24) is 0 Å². The van der Waals surface area contributed by atoms with E-state index in [4.69, 9.17) is 14.0 Å². The van der Waals surface area contributed by atoms with E-state index in [1.807, 2.05) is 31.2 Å². The first-order chi connectivity index (χ1) is 16.1. The fraction of sp³-hybridized carbons (Fsp3) is 0.621. The van der Waals surface area contributed by atoms with Gasteiger partial charge in [-0.2, -0.15) is 0 Å². The van der Waals surface area contributed by atoms with Gasteiger partial charge < -0.3 is 14.0 Å². The van der Waals surface area contributed by atoms with Gasteiger partial charge in [0, 0.05) is 5.57 Å². The molecule has 0 amide bonds. The molecule has 0 saturated carbocycles. The fourth-order valence-corrected chi connectivity index (χ4v) is 10.3. The predicted molar refractivity (Wildman–Crippen MR) is 150 cm³/mol. The van der Waals surface area contributed by atoms with Crippen LogP contribution in [0.5, 0.6) is 0 Å². The van der Waals surface area contributed by atoms with E-state index in [9.17, 15) is 4.79 Å². The fourth-order valence-electron chi connectivity index (χ4n) is 5.13. The van der Waals surface area contributed by atoms with Crippen LogP contribution in [0.2, 0.25) is 16.6 Å². The van der Waals surface area contributed by atoms with Gasteiger partial charge in [0.25, 0.3) is 0 Å². The summed E-state index contributed by atoms with van der Waals surface area (Å²) in [4.78, 5) is 12.2. The number of hydrogen-bond acceptors (Lipinski definition) is 4. The summed E-state index contributed by atoms with van der Waals surface area (Å²) in [6.07, 6.45) is 0. The molecule has 1 aromatic rings. The van der Waals surface area contributed by atoms with Gasteiger partial charge in [0.15, 0.2) is 0 Å². The summed E-state index contributed by atoms with van der Waals surface area (Å²) in [6.45, 7) is 26.4. The van der Waals surface area contributed by atoms with Crippen LogP contribution in [0.4, 0.5) is 0 Å². The van der Waals surface area contributed by atoms with Crippen molar-refractivity contribution < 1.29 is 18.8 Å². The number of esters is 1. The van der Waals surface area contributed by atoms with Crippen molar-refractivity contribution in [2.24, 2.45) is 0 Å². The third kappa shape index (κ3) is 5.96. The lowest BCUT2D eigenvalue weighted by Gasteiger charge is -2.38. The highest BCUT2D eigenvalue weighted by atomic mass is 28.3. The monoisotopic (exact) mass is 496 g/mol. The molecule has 35 heavy (non-hydrogen) atoms. The molecule has 0 aromatic heterocycles. The van der Waals surface area contributed by atoms with Crippen LogP contribution in [0.1, 0.15) is 99.0 Å². The van der Waals surface area contributed by atoms with E-state index in [0.717, 1.165) is 16.6 Å². The maximum atomic E-state index is 12.2. The molecule has 0 N–H and O–H groups in total. The van der Waals surface area contributed by atoms with E-state index < -0.39 is 26.4 Å². The first-order valence-corrected chi connectivity index (χ1v) is 15.2. The van der Waals surface area contributed by atoms with Gasteiger partial charge in [-0.3, -0.25) is 0 Å². The highest BCUT2D eigenvalue weighted by Crippen LogP contribution is 2.42. The Bertz CT molecular complexity index is 956. The molecule has 1 aliphatic rings. The molecule has 1 saturated heterocycles. The van der Waals surface area contributed by atoms with Crippen LogP contribution in [-0.2, 0) is 14.0 Å². The largest absolute Gasteiger partial charge is 0.491 e. The average Bonchev–Trinajstić information content (AvgIpc) is 2.97. The van der Waals surface area contributed by atoms with E-state index >= 15 is 0 Å². The topological polar surface area (TPSA) is 44.8 Å². The SMILES string of the molecule is CCOC(=O)c1ccc(/C(C#C[Si](C(C)C)(C(C)C)C(C)C)=C(\C)B2OC(C)(C)C(C)(C)O2)cc1. The van der Waals surface area contributed by atoms with Crippen molar-refractivity contribution in [3.63, 3.8) is 0 Å². The first kappa shape index (κ1) is 29.4. The number of carbonyl (C=O) groups excluding carboxylic acids is 1. The zero-order valence-corrected chi connectivity index (χ0v) is 25.0. The smallest absolute Gasteiger partial charge is 0.462 e. The van der Waals surface area contributed by atoms with Crippen molar-refractivity contribution in [3.05, 3.63) is 40.9 Å². The molecular formula is C29H45BO4Si. The molecular weight excluding hydrogens is 451 g/mol. The number of carbonyl (C=O) groups is 1. The summed E-state index contributed by atoms with van der Waals surface area (Å²) in [5.41, 5.74) is 7.94. The van der Waals surface area contributed by atoms with E-state index in [1.54, 1.807) is 0 Å². The Kier molecular flexibility index (Phi) is 9.31. The van der Waals surface area contributed by atoms with Gasteiger partial charge in [-0.05, 0) is 81.3 Å². The number of rotatable bonds is 7. The zero-order chi connectivity index (χ0) is 26.8. The van der Waals surface area contributed by atoms with Gasteiger partial charge >= 0.3 is 13.1 Å². The van der Waals surface area contributed by atoms with Gasteiger partial charge in [-0.15, -0.1) is 5.54 Å². The van der Waals surface area contributed by atoms with Crippen molar-refractivity contribution >= 4 is 26.7 Å². The summed E-state index contributed by atoms with van der Waals surface area (Å²) in [5.74, 6) is 3.33. The predicted octanol–water partition coefficient (Wildman–Crippen LogP) is 7.49. The van der Waals surface area contributed by atoms with E-state index in [-0.39, 0.29) is 5.97 Å². The molecule has 0 unspecified atom stereocenters. The summed E-state index contributed by atoms with van der Waals surface area (Å²) in [6, 6.07) is 7.53. The Morgan fingerprint density at radius 1 is 0.914 bits per heavy atom. The minimum absolute atomic E-state index is 0.316. The first-order valence-electron chi connectivity index (χ1n) is 13.0. The minimum atomic E-state index is -1.96. The van der Waals surface area contributed by atoms with Gasteiger partial charge in [0.2, 0.25) is 0 Å². The van der Waals surface area contributed by atoms with Gasteiger partial charge in [0.1, 0.15) is 8.07 Å². The summed E-state index contributed by atoms with van der Waals surface area (Å²) >= 11 is 0. The van der Waals surface area contributed by atoms with Crippen LogP contribution in [-0.4, -0.2) is 39.0 Å². The van der Waals surface area contributed by atoms with Crippen molar-refractivity contribution in [3.8, 4) is 11.5 Å². The van der Waals surface area contributed by atoms with E-state index in [1.165, 1.54) is 0 Å². The Hall–Kier alpha value is -1.81. The second-order valence-corrected chi connectivity index (χ2v) is 17.2. The molecule has 2 rings (SSSR count). The summed E-state index contributed by atoms with van der Waals surface area (Å²) in [7, 11) is -2.44. The highest BCUT2D eigenvalue weighted by Gasteiger charge is 2.52. The standard InChI is InChI=1S/C29H45BO4Si/c1-13-32-27(31)25-16-14-24(15-17-25)26(18-19-35(20(2)3,21(4)5)22(6)7)23(8)30-33-28(9,10)29(11,12)34-30/h14-17,20-22H,13H2,1-12H3/b26-23+. The zero-order valence-electron chi connectivity index (χ0n) is 24.0. The Morgan fingerprint density at radius 2 is 1.34 bits per heavy atom. The third-order valence-corrected chi connectivity index (χ3v) is 14.2. The van der Waals surface area contributed by atoms with Crippen molar-refractivity contribution in [2.45, 2.75) is 111 Å². The summed E-state index contributed by atoms with van der Waals surface area (Å²) in [5, 5.41) is 0. The average molecular weight is 497 g/mol. The maximum Gasteiger partial charge on any atom is 0.491 e. The molecule has 0 atom stereocenters. The lowest BCUT2D eigenvalue weighted by molar-refractivity contribution is 0.00578. The minimum Gasteiger partial charge on any atom is -0.462 e. The molecule has 0 radical (unpaired) electrons. The summed E-state index contributed by atoms with van der Waals surface area (Å²) < 4.78 is 17.9. The Morgan fingerprint density at radius 3 is 1.74 bits per heavy atom. The van der Waals surface area contributed by atoms with Crippen molar-refractivity contribution in [2.75, 3.05) is 6.61 Å². The van der Waals surface area contributed by atoms with Crippen LogP contribution in [0.3, 0.4) is 0 Å². The Balaban J connectivity index is 2.68. The van der Waals surface area contributed by atoms with Gasteiger partial charge in [-0.25, -0.2) is 4.79 Å². The molecule has 6 heteroatoms. The second kappa shape index (κ2) is 11.1. The van der Waals surface area contributed by atoms with E-state index in [2.05, 4.69) is 87.6 Å².